The van der Waals surface area contributed by atoms with Crippen LogP contribution in [0, 0.1) is 0 Å². The molecule has 7 heteroatoms. The Morgan fingerprint density at radius 3 is 1.07 bits per heavy atom. The summed E-state index contributed by atoms with van der Waals surface area (Å²) in [6, 6.07) is 0. The van der Waals surface area contributed by atoms with Crippen LogP contribution in [0.15, 0.2) is 0 Å². The molecule has 0 amide bonds. The van der Waals surface area contributed by atoms with Crippen LogP contribution >= 0.6 is 0 Å². The standard InChI is InChI=1S/C22H51N3O3Si/c1-8-14-23(15-9-2)18-12-20-25(22-29(26-5,27-6)28-7)21-13-19-24(16-10-3)17-11-4/h8-22H2,1-7H3. The van der Waals surface area contributed by atoms with Gasteiger partial charge in [-0.05, 0) is 90.9 Å². The maximum Gasteiger partial charge on any atom is 0.514 e. The summed E-state index contributed by atoms with van der Waals surface area (Å²) in [5.41, 5.74) is 0. The number of hydrogen-bond donors (Lipinski definition) is 0. The normalized spacial score (nSPS) is 12.6. The van der Waals surface area contributed by atoms with Crippen molar-refractivity contribution >= 4 is 8.80 Å². The van der Waals surface area contributed by atoms with Gasteiger partial charge in [-0.3, -0.25) is 4.90 Å². The molecule has 0 atom stereocenters. The Morgan fingerprint density at radius 1 is 0.483 bits per heavy atom. The fourth-order valence-corrected chi connectivity index (χ4v) is 5.71. The van der Waals surface area contributed by atoms with E-state index >= 15 is 0 Å². The van der Waals surface area contributed by atoms with Crippen LogP contribution in [0.3, 0.4) is 0 Å². The van der Waals surface area contributed by atoms with E-state index in [0.29, 0.717) is 0 Å². The van der Waals surface area contributed by atoms with Crippen molar-refractivity contribution in [2.75, 3.05) is 79.9 Å². The van der Waals surface area contributed by atoms with Gasteiger partial charge in [0.05, 0.1) is 6.17 Å². The number of nitrogens with zero attached hydrogens (tertiary/aromatic N) is 3. The second kappa shape index (κ2) is 18.7. The molecule has 0 fully saturated rings. The molecule has 0 aromatic rings. The quantitative estimate of drug-likeness (QED) is 0.257. The molecular formula is C22H51N3O3Si. The third kappa shape index (κ3) is 13.1. The van der Waals surface area contributed by atoms with Gasteiger partial charge in [0.25, 0.3) is 0 Å². The van der Waals surface area contributed by atoms with Gasteiger partial charge in [0.2, 0.25) is 0 Å². The minimum atomic E-state index is -2.60. The van der Waals surface area contributed by atoms with E-state index in [9.17, 15) is 0 Å². The fraction of sp³-hybridized carbons (Fsp3) is 1.00. The molecule has 0 saturated heterocycles. The molecule has 0 radical (unpaired) electrons. The molecule has 29 heavy (non-hydrogen) atoms. The van der Waals surface area contributed by atoms with Crippen molar-refractivity contribution in [3.05, 3.63) is 0 Å². The molecular weight excluding hydrogens is 382 g/mol. The Balaban J connectivity index is 4.78. The van der Waals surface area contributed by atoms with E-state index in [0.717, 1.165) is 32.3 Å². The van der Waals surface area contributed by atoms with E-state index in [1.165, 1.54) is 64.7 Å². The lowest BCUT2D eigenvalue weighted by atomic mass is 10.2. The van der Waals surface area contributed by atoms with Crippen LogP contribution < -0.4 is 0 Å². The fourth-order valence-electron chi connectivity index (χ4n) is 3.96. The van der Waals surface area contributed by atoms with Gasteiger partial charge in [-0.1, -0.05) is 27.7 Å². The molecule has 0 unspecified atom stereocenters. The molecule has 176 valence electrons. The molecule has 0 aromatic heterocycles. The van der Waals surface area contributed by atoms with Gasteiger partial charge >= 0.3 is 8.80 Å². The lowest BCUT2D eigenvalue weighted by Crippen LogP contribution is -2.54. The van der Waals surface area contributed by atoms with Gasteiger partial charge in [-0.2, -0.15) is 0 Å². The Bertz CT molecular complexity index is 318. The van der Waals surface area contributed by atoms with Crippen LogP contribution in [-0.2, 0) is 13.3 Å². The summed E-state index contributed by atoms with van der Waals surface area (Å²) in [6.45, 7) is 18.3. The zero-order valence-electron chi connectivity index (χ0n) is 20.7. The summed E-state index contributed by atoms with van der Waals surface area (Å²) in [6.07, 6.45) is 8.01. The maximum absolute atomic E-state index is 5.71. The molecule has 6 nitrogen and oxygen atoms in total. The maximum atomic E-state index is 5.71. The molecule has 0 saturated carbocycles. The smallest absolute Gasteiger partial charge is 0.376 e. The van der Waals surface area contributed by atoms with Gasteiger partial charge in [-0.15, -0.1) is 0 Å². The Morgan fingerprint density at radius 2 is 0.793 bits per heavy atom. The van der Waals surface area contributed by atoms with Gasteiger partial charge < -0.3 is 23.1 Å². The van der Waals surface area contributed by atoms with Crippen molar-refractivity contribution in [3.8, 4) is 0 Å². The molecule has 0 rings (SSSR count). The summed E-state index contributed by atoms with van der Waals surface area (Å²) in [5.74, 6) is 0. The highest BCUT2D eigenvalue weighted by molar-refractivity contribution is 6.60. The van der Waals surface area contributed by atoms with E-state index in [-0.39, 0.29) is 0 Å². The third-order valence-corrected chi connectivity index (χ3v) is 8.11. The van der Waals surface area contributed by atoms with Crippen molar-refractivity contribution in [1.82, 2.24) is 14.7 Å². The van der Waals surface area contributed by atoms with Gasteiger partial charge in [0.1, 0.15) is 0 Å². The summed E-state index contributed by atoms with van der Waals surface area (Å²) >= 11 is 0. The second-order valence-corrected chi connectivity index (χ2v) is 10.9. The average Bonchev–Trinajstić information content (AvgIpc) is 2.72. The summed E-state index contributed by atoms with van der Waals surface area (Å²) in [7, 11) is 2.55. The largest absolute Gasteiger partial charge is 0.514 e. The number of rotatable bonds is 21. The van der Waals surface area contributed by atoms with E-state index in [1.54, 1.807) is 21.3 Å². The zero-order valence-corrected chi connectivity index (χ0v) is 21.7. The minimum Gasteiger partial charge on any atom is -0.376 e. The SMILES string of the molecule is CCCN(CCC)CCCN(CCCN(CCC)CCC)C[Si](OC)(OC)OC. The van der Waals surface area contributed by atoms with E-state index in [4.69, 9.17) is 13.3 Å². The predicted molar refractivity (Wildman–Crippen MR) is 126 cm³/mol. The van der Waals surface area contributed by atoms with Crippen molar-refractivity contribution in [2.24, 2.45) is 0 Å². The van der Waals surface area contributed by atoms with Crippen molar-refractivity contribution < 1.29 is 13.3 Å². The van der Waals surface area contributed by atoms with E-state index < -0.39 is 8.80 Å². The topological polar surface area (TPSA) is 37.4 Å². The first-order chi connectivity index (χ1) is 14.0. The molecule has 0 spiro atoms. The second-order valence-electron chi connectivity index (χ2n) is 7.96. The Hall–Kier alpha value is -0.0231. The summed E-state index contributed by atoms with van der Waals surface area (Å²) < 4.78 is 17.1. The lowest BCUT2D eigenvalue weighted by Gasteiger charge is -2.32. The predicted octanol–water partition coefficient (Wildman–Crippen LogP) is 3.73. The Labute approximate surface area is 183 Å². The lowest BCUT2D eigenvalue weighted by molar-refractivity contribution is 0.0998. The number of hydrogen-bond acceptors (Lipinski definition) is 6. The first-order valence-electron chi connectivity index (χ1n) is 11.9. The van der Waals surface area contributed by atoms with Gasteiger partial charge in [0.15, 0.2) is 0 Å². The van der Waals surface area contributed by atoms with Crippen LogP contribution in [0.5, 0.6) is 0 Å². The van der Waals surface area contributed by atoms with Crippen LogP contribution in [0.4, 0.5) is 0 Å². The molecule has 0 aliphatic carbocycles. The highest BCUT2D eigenvalue weighted by Crippen LogP contribution is 2.11. The van der Waals surface area contributed by atoms with Gasteiger partial charge in [-0.25, -0.2) is 0 Å². The molecule has 0 aliphatic heterocycles. The molecule has 0 bridgehead atoms. The molecule has 0 aromatic carbocycles. The monoisotopic (exact) mass is 433 g/mol. The van der Waals surface area contributed by atoms with Crippen LogP contribution in [-0.4, -0.2) is 103 Å². The van der Waals surface area contributed by atoms with Crippen molar-refractivity contribution in [1.29, 1.82) is 0 Å². The summed E-state index contributed by atoms with van der Waals surface area (Å²) in [5, 5.41) is 0. The molecule has 0 aliphatic rings. The highest BCUT2D eigenvalue weighted by atomic mass is 28.4. The average molecular weight is 434 g/mol. The van der Waals surface area contributed by atoms with E-state index in [2.05, 4.69) is 42.4 Å². The third-order valence-electron chi connectivity index (χ3n) is 5.41. The minimum absolute atomic E-state index is 0.764. The molecule has 0 N–H and O–H groups in total. The molecule has 0 heterocycles. The summed E-state index contributed by atoms with van der Waals surface area (Å²) in [4.78, 5) is 7.70. The van der Waals surface area contributed by atoms with Crippen molar-refractivity contribution in [2.45, 2.75) is 66.2 Å². The van der Waals surface area contributed by atoms with Crippen LogP contribution in [0.1, 0.15) is 66.2 Å². The zero-order chi connectivity index (χ0) is 22.0. The first kappa shape index (κ1) is 29.0. The van der Waals surface area contributed by atoms with Crippen LogP contribution in [0.25, 0.3) is 0 Å². The first-order valence-corrected chi connectivity index (χ1v) is 13.8. The Kier molecular flexibility index (Phi) is 18.7. The highest BCUT2D eigenvalue weighted by Gasteiger charge is 2.39. The van der Waals surface area contributed by atoms with Crippen molar-refractivity contribution in [3.63, 3.8) is 0 Å². The van der Waals surface area contributed by atoms with Gasteiger partial charge in [0, 0.05) is 21.3 Å². The van der Waals surface area contributed by atoms with Crippen LogP contribution in [0.2, 0.25) is 0 Å². The van der Waals surface area contributed by atoms with E-state index in [1.807, 2.05) is 0 Å².